The minimum atomic E-state index is -3.66. The molecular formula is C51H65N4O8S2+. The van der Waals surface area contributed by atoms with E-state index in [2.05, 4.69) is 70.9 Å². The van der Waals surface area contributed by atoms with Crippen LogP contribution in [0.25, 0.3) is 21.5 Å². The first-order valence-electron chi connectivity index (χ1n) is 22.9. The lowest BCUT2D eigenvalue weighted by atomic mass is 9.79. The summed E-state index contributed by atoms with van der Waals surface area (Å²) in [6.45, 7) is 14.7. The van der Waals surface area contributed by atoms with Crippen LogP contribution in [0.4, 0.5) is 11.4 Å². The molecule has 0 atom stereocenters. The van der Waals surface area contributed by atoms with E-state index in [1.165, 1.54) is 0 Å². The van der Waals surface area contributed by atoms with Crippen LogP contribution in [0, 0.1) is 0 Å². The lowest BCUT2D eigenvalue weighted by Gasteiger charge is -2.27. The molecule has 4 aromatic rings. The number of hydrogen-bond acceptors (Lipinski definition) is 7. The van der Waals surface area contributed by atoms with Gasteiger partial charge in [0, 0.05) is 73.4 Å². The first-order valence-corrected chi connectivity index (χ1v) is 25.9. The number of nitrogens with one attached hydrogen (secondary N) is 2. The van der Waals surface area contributed by atoms with Gasteiger partial charge >= 0.3 is 11.9 Å². The van der Waals surface area contributed by atoms with Crippen LogP contribution in [0.5, 0.6) is 0 Å². The van der Waals surface area contributed by atoms with Crippen LogP contribution in [-0.2, 0) is 40.5 Å². The summed E-state index contributed by atoms with van der Waals surface area (Å²) < 4.78 is 59.9. The second-order valence-corrected chi connectivity index (χ2v) is 21.7. The van der Waals surface area contributed by atoms with Gasteiger partial charge in [-0.15, -0.1) is 0 Å². The monoisotopic (exact) mass is 925 g/mol. The molecule has 6 rings (SSSR count). The van der Waals surface area contributed by atoms with Crippen molar-refractivity contribution in [3.63, 3.8) is 0 Å². The van der Waals surface area contributed by atoms with Gasteiger partial charge in [0.1, 0.15) is 6.54 Å². The number of sulfonamides is 2. The van der Waals surface area contributed by atoms with Crippen LogP contribution in [0.1, 0.15) is 117 Å². The Kier molecular flexibility index (Phi) is 15.6. The summed E-state index contributed by atoms with van der Waals surface area (Å²) in [5.41, 5.74) is 5.54. The van der Waals surface area contributed by atoms with E-state index in [0.29, 0.717) is 51.9 Å². The van der Waals surface area contributed by atoms with Crippen LogP contribution in [-0.4, -0.2) is 75.5 Å². The summed E-state index contributed by atoms with van der Waals surface area (Å²) in [5, 5.41) is 22.1. The largest absolute Gasteiger partial charge is 0.481 e. The maximum atomic E-state index is 13.1. The Morgan fingerprint density at radius 1 is 0.662 bits per heavy atom. The SMILES string of the molecule is CCCNS(=O)(=O)c1ccc2c3c(ccc2c1)[N+](CCCCCC(=O)O)=C(/C=C/C=C/C=C1/N(CCCCCC(=O)O)c2ccc4cc(S(=O)(=O)NCCC)ccc4c2C1(C)C)C3(C)C. The molecule has 0 bridgehead atoms. The summed E-state index contributed by atoms with van der Waals surface area (Å²) in [6.07, 6.45) is 16.3. The standard InChI is InChI=1S/C51H64N4O8S2/c1-7-30-52-64(60,61)38-24-26-40-36(34-38)22-28-42-48(40)50(3,4)44(54(42)32-16-10-14-20-46(56)57)18-12-9-13-19-45-51(5,6)49-41-27-25-39(65(62,63)53-31-8-2)35-37(41)23-29-43(49)55(45)33-17-11-15-21-47(58)59/h9,12-13,18-19,22-29,34-35,52-53H,7-8,10-11,14-17,20-21,30-33H2,1-6H3,(H-,56,57,58,59)/p+1. The van der Waals surface area contributed by atoms with Gasteiger partial charge in [-0.2, -0.15) is 4.58 Å². The quantitative estimate of drug-likeness (QED) is 0.0321. The summed E-state index contributed by atoms with van der Waals surface area (Å²) >= 11 is 0. The molecule has 0 saturated carbocycles. The van der Waals surface area contributed by atoms with E-state index < -0.39 is 42.8 Å². The molecular weight excluding hydrogens is 861 g/mol. The Balaban J connectivity index is 1.34. The van der Waals surface area contributed by atoms with Crippen molar-refractivity contribution in [3.8, 4) is 0 Å². The molecule has 2 heterocycles. The number of nitrogens with zero attached hydrogens (tertiary/aromatic N) is 2. The zero-order valence-electron chi connectivity index (χ0n) is 38.6. The highest BCUT2D eigenvalue weighted by atomic mass is 32.2. The molecule has 0 unspecified atom stereocenters. The molecule has 348 valence electrons. The molecule has 4 aromatic carbocycles. The summed E-state index contributed by atoms with van der Waals surface area (Å²) in [6, 6.07) is 18.7. The lowest BCUT2D eigenvalue weighted by Crippen LogP contribution is -2.28. The number of hydrogen-bond donors (Lipinski definition) is 4. The van der Waals surface area contributed by atoms with Crippen LogP contribution in [0.15, 0.2) is 107 Å². The number of anilines is 1. The van der Waals surface area contributed by atoms with E-state index in [1.54, 1.807) is 24.3 Å². The average Bonchev–Trinajstić information content (AvgIpc) is 3.61. The smallest absolute Gasteiger partial charge is 0.303 e. The molecule has 65 heavy (non-hydrogen) atoms. The zero-order chi connectivity index (χ0) is 47.2. The maximum Gasteiger partial charge on any atom is 0.303 e. The van der Waals surface area contributed by atoms with Gasteiger partial charge in [0.05, 0.1) is 15.2 Å². The third-order valence-electron chi connectivity index (χ3n) is 12.6. The molecule has 2 aliphatic rings. The number of carbonyl (C=O) groups is 2. The Labute approximate surface area is 384 Å². The Morgan fingerprint density at radius 2 is 1.22 bits per heavy atom. The summed E-state index contributed by atoms with van der Waals surface area (Å²) in [7, 11) is -7.31. The van der Waals surface area contributed by atoms with Crippen molar-refractivity contribution in [2.75, 3.05) is 31.1 Å². The number of carboxylic acid groups (broad SMARTS) is 2. The van der Waals surface area contributed by atoms with Crippen LogP contribution < -0.4 is 14.3 Å². The Bertz CT molecular complexity index is 2800. The predicted octanol–water partition coefficient (Wildman–Crippen LogP) is 9.83. The average molecular weight is 926 g/mol. The normalized spacial score (nSPS) is 16.5. The molecule has 4 N–H and O–H groups in total. The number of aliphatic carboxylic acids is 2. The minimum Gasteiger partial charge on any atom is -0.481 e. The van der Waals surface area contributed by atoms with Gasteiger partial charge in [-0.3, -0.25) is 9.59 Å². The van der Waals surface area contributed by atoms with E-state index in [1.807, 2.05) is 56.3 Å². The van der Waals surface area contributed by atoms with Gasteiger partial charge in [0.25, 0.3) is 0 Å². The van der Waals surface area contributed by atoms with Crippen molar-refractivity contribution in [1.29, 1.82) is 0 Å². The Morgan fingerprint density at radius 3 is 1.78 bits per heavy atom. The van der Waals surface area contributed by atoms with Crippen LogP contribution in [0.3, 0.4) is 0 Å². The maximum absolute atomic E-state index is 13.1. The van der Waals surface area contributed by atoms with Crippen molar-refractivity contribution < 1.29 is 41.2 Å². The third kappa shape index (κ3) is 10.8. The highest BCUT2D eigenvalue weighted by molar-refractivity contribution is 7.89. The third-order valence-corrected chi connectivity index (χ3v) is 15.5. The van der Waals surface area contributed by atoms with Crippen molar-refractivity contribution in [2.24, 2.45) is 0 Å². The lowest BCUT2D eigenvalue weighted by molar-refractivity contribution is -0.438. The van der Waals surface area contributed by atoms with E-state index in [9.17, 15) is 36.6 Å². The first kappa shape index (κ1) is 49.3. The highest BCUT2D eigenvalue weighted by Gasteiger charge is 2.45. The van der Waals surface area contributed by atoms with E-state index in [4.69, 9.17) is 0 Å². The van der Waals surface area contributed by atoms with Crippen LogP contribution in [0.2, 0.25) is 0 Å². The number of carboxylic acids is 2. The number of unbranched alkanes of at least 4 members (excludes halogenated alkanes) is 4. The zero-order valence-corrected chi connectivity index (χ0v) is 40.2. The molecule has 0 aromatic heterocycles. The van der Waals surface area contributed by atoms with Gasteiger partial charge in [-0.1, -0.05) is 70.5 Å². The van der Waals surface area contributed by atoms with Crippen molar-refractivity contribution in [3.05, 3.63) is 108 Å². The summed E-state index contributed by atoms with van der Waals surface area (Å²) in [4.78, 5) is 25.3. The molecule has 0 fully saturated rings. The fourth-order valence-corrected chi connectivity index (χ4v) is 11.7. The second-order valence-electron chi connectivity index (χ2n) is 18.1. The van der Waals surface area contributed by atoms with E-state index >= 15 is 0 Å². The van der Waals surface area contributed by atoms with Crippen molar-refractivity contribution >= 4 is 70.6 Å². The summed E-state index contributed by atoms with van der Waals surface area (Å²) in [5.74, 6) is -1.60. The van der Waals surface area contributed by atoms with Crippen LogP contribution >= 0.6 is 0 Å². The first-order chi connectivity index (χ1) is 30.8. The molecule has 0 spiro atoms. The molecule has 0 radical (unpaired) electrons. The number of allylic oxidation sites excluding steroid dienone is 6. The fourth-order valence-electron chi connectivity index (χ4n) is 9.40. The van der Waals surface area contributed by atoms with Gasteiger partial charge in [0.2, 0.25) is 25.7 Å². The van der Waals surface area contributed by atoms with Gasteiger partial charge < -0.3 is 15.1 Å². The van der Waals surface area contributed by atoms with Gasteiger partial charge in [0.15, 0.2) is 5.71 Å². The van der Waals surface area contributed by atoms with Crippen molar-refractivity contribution in [2.45, 2.75) is 126 Å². The highest BCUT2D eigenvalue weighted by Crippen LogP contribution is 2.51. The molecule has 14 heteroatoms. The molecule has 0 amide bonds. The Hall–Kier alpha value is -5.15. The topological polar surface area (TPSA) is 173 Å². The number of rotatable bonds is 23. The second kappa shape index (κ2) is 20.6. The molecule has 12 nitrogen and oxygen atoms in total. The van der Waals surface area contributed by atoms with E-state index in [0.717, 1.165) is 81.1 Å². The number of fused-ring (bicyclic) bond motifs is 6. The molecule has 0 saturated heterocycles. The molecule has 2 aliphatic heterocycles. The van der Waals surface area contributed by atoms with E-state index in [-0.39, 0.29) is 22.6 Å². The predicted molar refractivity (Wildman–Crippen MR) is 261 cm³/mol. The van der Waals surface area contributed by atoms with Gasteiger partial charge in [-0.25, -0.2) is 26.3 Å². The molecule has 0 aliphatic carbocycles. The fraction of sp³-hybridized carbons (Fsp3) is 0.431. The van der Waals surface area contributed by atoms with Crippen molar-refractivity contribution in [1.82, 2.24) is 9.44 Å². The number of benzene rings is 4. The minimum absolute atomic E-state index is 0.129. The van der Waals surface area contributed by atoms with Gasteiger partial charge in [-0.05, 0) is 122 Å².